The Bertz CT molecular complexity index is 437. The summed E-state index contributed by atoms with van der Waals surface area (Å²) in [6, 6.07) is 12.4. The topological polar surface area (TPSA) is 9.23 Å². The van der Waals surface area contributed by atoms with Crippen LogP contribution in [0.2, 0.25) is 0 Å². The van der Waals surface area contributed by atoms with Gasteiger partial charge in [0.15, 0.2) is 0 Å². The third-order valence-corrected chi connectivity index (χ3v) is 3.16. The zero-order valence-corrected chi connectivity index (χ0v) is 9.41. The first-order chi connectivity index (χ1) is 6.33. The summed E-state index contributed by atoms with van der Waals surface area (Å²) in [4.78, 5) is 0. The molecule has 2 aromatic rings. The molecule has 0 saturated carbocycles. The van der Waals surface area contributed by atoms with Crippen LogP contribution >= 0.6 is 22.6 Å². The minimum atomic E-state index is 0. The highest BCUT2D eigenvalue weighted by atomic mass is 127. The van der Waals surface area contributed by atoms with Gasteiger partial charge in [-0.3, -0.25) is 0 Å². The van der Waals surface area contributed by atoms with Gasteiger partial charge in [-0.1, -0.05) is 37.8 Å². The maximum Gasteiger partial charge on any atom is 0.132 e. The molecule has 0 aliphatic heterocycles. The number of methoxy groups -OCH3 is 1. The van der Waals surface area contributed by atoms with Crippen LogP contribution in [0.3, 0.4) is 0 Å². The smallest absolute Gasteiger partial charge is 0.132 e. The van der Waals surface area contributed by atoms with Gasteiger partial charge < -0.3 is 4.74 Å². The maximum atomic E-state index is 5.25. The lowest BCUT2D eigenvalue weighted by atomic mass is 10.1. The standard InChI is InChI=1S/C11H9IO.CH4/c1-13-10-7-6-8-4-2-3-5-9(8)11(10)12;/h2-7H,1H3;1H4. The molecule has 0 saturated heterocycles. The van der Waals surface area contributed by atoms with Gasteiger partial charge in [0, 0.05) is 0 Å². The number of ether oxygens (including phenoxy) is 1. The molecule has 0 aliphatic rings. The van der Waals surface area contributed by atoms with E-state index in [0.29, 0.717) is 0 Å². The van der Waals surface area contributed by atoms with Crippen LogP contribution in [0.4, 0.5) is 0 Å². The van der Waals surface area contributed by atoms with Crippen LogP contribution in [0.15, 0.2) is 36.4 Å². The van der Waals surface area contributed by atoms with Crippen molar-refractivity contribution < 1.29 is 4.74 Å². The molecule has 0 atom stereocenters. The van der Waals surface area contributed by atoms with Crippen molar-refractivity contribution in [3.8, 4) is 5.75 Å². The van der Waals surface area contributed by atoms with Crippen LogP contribution in [0, 0.1) is 3.57 Å². The zero-order chi connectivity index (χ0) is 9.26. The molecule has 2 aromatic carbocycles. The van der Waals surface area contributed by atoms with Crippen molar-refractivity contribution in [3.63, 3.8) is 0 Å². The minimum Gasteiger partial charge on any atom is -0.496 e. The van der Waals surface area contributed by atoms with Gasteiger partial charge >= 0.3 is 0 Å². The summed E-state index contributed by atoms with van der Waals surface area (Å²) in [5, 5.41) is 2.51. The van der Waals surface area contributed by atoms with Crippen LogP contribution in [0.1, 0.15) is 7.43 Å². The van der Waals surface area contributed by atoms with Crippen molar-refractivity contribution >= 4 is 33.4 Å². The number of hydrogen-bond donors (Lipinski definition) is 0. The van der Waals surface area contributed by atoms with Gasteiger partial charge in [0.2, 0.25) is 0 Å². The van der Waals surface area contributed by atoms with Gasteiger partial charge in [0.05, 0.1) is 10.7 Å². The Hall–Kier alpha value is -0.770. The average Bonchev–Trinajstić information content (AvgIpc) is 2.19. The van der Waals surface area contributed by atoms with Crippen molar-refractivity contribution in [1.29, 1.82) is 0 Å². The molecule has 0 heterocycles. The SMILES string of the molecule is C.COc1ccc2ccccc2c1I. The fourth-order valence-electron chi connectivity index (χ4n) is 1.37. The number of halogens is 1. The fourth-order valence-corrected chi connectivity index (χ4v) is 2.26. The van der Waals surface area contributed by atoms with Gasteiger partial charge in [0.1, 0.15) is 5.75 Å². The van der Waals surface area contributed by atoms with E-state index in [4.69, 9.17) is 4.74 Å². The Morgan fingerprint density at radius 1 is 1.07 bits per heavy atom. The quantitative estimate of drug-likeness (QED) is 0.721. The van der Waals surface area contributed by atoms with Crippen molar-refractivity contribution in [2.24, 2.45) is 0 Å². The first kappa shape index (κ1) is 11.3. The van der Waals surface area contributed by atoms with E-state index in [1.54, 1.807) is 7.11 Å². The highest BCUT2D eigenvalue weighted by Gasteiger charge is 2.03. The Balaban J connectivity index is 0.000000980. The van der Waals surface area contributed by atoms with E-state index in [2.05, 4.69) is 40.8 Å². The Morgan fingerprint density at radius 2 is 1.79 bits per heavy atom. The Labute approximate surface area is 98.2 Å². The van der Waals surface area contributed by atoms with Crippen molar-refractivity contribution in [3.05, 3.63) is 40.0 Å². The molecule has 0 spiro atoms. The average molecular weight is 300 g/mol. The molecule has 0 bridgehead atoms. The molecular formula is C12H13IO. The van der Waals surface area contributed by atoms with Gasteiger partial charge in [0.25, 0.3) is 0 Å². The Morgan fingerprint density at radius 3 is 2.50 bits per heavy atom. The van der Waals surface area contributed by atoms with Gasteiger partial charge in [-0.25, -0.2) is 0 Å². The molecule has 14 heavy (non-hydrogen) atoms. The number of fused-ring (bicyclic) bond motifs is 1. The van der Waals surface area contributed by atoms with Crippen LogP contribution in [-0.4, -0.2) is 7.11 Å². The summed E-state index contributed by atoms with van der Waals surface area (Å²) in [5.41, 5.74) is 0. The van der Waals surface area contributed by atoms with Crippen molar-refractivity contribution in [1.82, 2.24) is 0 Å². The number of rotatable bonds is 1. The molecule has 0 unspecified atom stereocenters. The first-order valence-electron chi connectivity index (χ1n) is 4.04. The fraction of sp³-hybridized carbons (Fsp3) is 0.167. The third kappa shape index (κ3) is 1.85. The first-order valence-corrected chi connectivity index (χ1v) is 5.12. The predicted octanol–water partition coefficient (Wildman–Crippen LogP) is 4.09. The van der Waals surface area contributed by atoms with E-state index in [9.17, 15) is 0 Å². The number of hydrogen-bond acceptors (Lipinski definition) is 1. The lowest BCUT2D eigenvalue weighted by molar-refractivity contribution is 0.412. The lowest BCUT2D eigenvalue weighted by Crippen LogP contribution is -1.87. The van der Waals surface area contributed by atoms with E-state index >= 15 is 0 Å². The lowest BCUT2D eigenvalue weighted by Gasteiger charge is -2.05. The van der Waals surface area contributed by atoms with E-state index in [-0.39, 0.29) is 7.43 Å². The van der Waals surface area contributed by atoms with Gasteiger partial charge in [-0.05, 0) is 39.4 Å². The highest BCUT2D eigenvalue weighted by molar-refractivity contribution is 14.1. The molecular weight excluding hydrogens is 287 g/mol. The highest BCUT2D eigenvalue weighted by Crippen LogP contribution is 2.28. The molecule has 0 radical (unpaired) electrons. The molecule has 2 rings (SSSR count). The van der Waals surface area contributed by atoms with E-state index in [0.717, 1.165) is 5.75 Å². The van der Waals surface area contributed by atoms with Crippen molar-refractivity contribution in [2.45, 2.75) is 7.43 Å². The monoisotopic (exact) mass is 300 g/mol. The summed E-state index contributed by atoms with van der Waals surface area (Å²) < 4.78 is 6.42. The minimum absolute atomic E-state index is 0. The maximum absolute atomic E-state index is 5.25. The van der Waals surface area contributed by atoms with Crippen LogP contribution in [-0.2, 0) is 0 Å². The molecule has 74 valence electrons. The van der Waals surface area contributed by atoms with E-state index < -0.39 is 0 Å². The third-order valence-electron chi connectivity index (χ3n) is 2.05. The van der Waals surface area contributed by atoms with Crippen LogP contribution in [0.25, 0.3) is 10.8 Å². The zero-order valence-electron chi connectivity index (χ0n) is 7.25. The summed E-state index contributed by atoms with van der Waals surface area (Å²) in [7, 11) is 1.70. The second-order valence-corrected chi connectivity index (χ2v) is 3.88. The molecule has 0 aliphatic carbocycles. The second kappa shape index (κ2) is 4.64. The normalized spacial score (nSPS) is 9.57. The molecule has 2 heteroatoms. The van der Waals surface area contributed by atoms with Crippen LogP contribution in [0.5, 0.6) is 5.75 Å². The summed E-state index contributed by atoms with van der Waals surface area (Å²) in [6.45, 7) is 0. The largest absolute Gasteiger partial charge is 0.496 e. The summed E-state index contributed by atoms with van der Waals surface area (Å²) in [5.74, 6) is 0.944. The molecule has 1 nitrogen and oxygen atoms in total. The Kier molecular flexibility index (Phi) is 3.75. The van der Waals surface area contributed by atoms with Crippen molar-refractivity contribution in [2.75, 3.05) is 7.11 Å². The second-order valence-electron chi connectivity index (χ2n) is 2.80. The predicted molar refractivity (Wildman–Crippen MR) is 69.9 cm³/mol. The molecule has 0 N–H and O–H groups in total. The van der Waals surface area contributed by atoms with E-state index in [1.165, 1.54) is 14.3 Å². The van der Waals surface area contributed by atoms with Gasteiger partial charge in [-0.15, -0.1) is 0 Å². The molecule has 0 amide bonds. The molecule has 0 aromatic heterocycles. The van der Waals surface area contributed by atoms with Gasteiger partial charge in [-0.2, -0.15) is 0 Å². The summed E-state index contributed by atoms with van der Waals surface area (Å²) in [6.07, 6.45) is 0. The number of benzene rings is 2. The van der Waals surface area contributed by atoms with E-state index in [1.807, 2.05) is 18.2 Å². The van der Waals surface area contributed by atoms with Crippen LogP contribution < -0.4 is 4.74 Å². The molecule has 0 fully saturated rings. The summed E-state index contributed by atoms with van der Waals surface area (Å²) >= 11 is 2.31.